The van der Waals surface area contributed by atoms with Gasteiger partial charge in [0, 0.05) is 4.48 Å². The monoisotopic (exact) mass is 214 g/mol. The molecule has 0 aliphatic heterocycles. The molecule has 1 heteroatoms. The summed E-state index contributed by atoms with van der Waals surface area (Å²) >= 11 is 3.43. The largest absolute Gasteiger partial charge is 0.0950 e. The zero-order valence-corrected chi connectivity index (χ0v) is 9.03. The van der Waals surface area contributed by atoms with Gasteiger partial charge in [-0.05, 0) is 31.9 Å². The molecule has 0 radical (unpaired) electrons. The highest BCUT2D eigenvalue weighted by Gasteiger charge is 1.90. The normalized spacial score (nSPS) is 13.5. The van der Waals surface area contributed by atoms with Crippen molar-refractivity contribution >= 4 is 15.9 Å². The van der Waals surface area contributed by atoms with Crippen LogP contribution in [0.15, 0.2) is 34.4 Å². The van der Waals surface area contributed by atoms with Crippen molar-refractivity contribution in [1.82, 2.24) is 0 Å². The van der Waals surface area contributed by atoms with Crippen molar-refractivity contribution in [2.24, 2.45) is 0 Å². The van der Waals surface area contributed by atoms with E-state index in [9.17, 15) is 0 Å². The summed E-state index contributed by atoms with van der Waals surface area (Å²) in [6.45, 7) is 10.0. The average molecular weight is 215 g/mol. The maximum atomic E-state index is 3.83. The molecule has 0 aromatic heterocycles. The Kier molecular flexibility index (Phi) is 5.22. The van der Waals surface area contributed by atoms with Crippen LogP contribution in [0.25, 0.3) is 0 Å². The van der Waals surface area contributed by atoms with E-state index in [0.717, 1.165) is 16.5 Å². The minimum atomic E-state index is 1.06. The van der Waals surface area contributed by atoms with Crippen LogP contribution in [-0.2, 0) is 0 Å². The molecule has 0 saturated heterocycles. The fourth-order valence-electron chi connectivity index (χ4n) is 0.704. The Morgan fingerprint density at radius 3 is 2.36 bits per heavy atom. The van der Waals surface area contributed by atoms with Gasteiger partial charge in [0.15, 0.2) is 0 Å². The van der Waals surface area contributed by atoms with Gasteiger partial charge in [-0.3, -0.25) is 0 Å². The second-order valence-electron chi connectivity index (χ2n) is 2.63. The number of hydrogen-bond donors (Lipinski definition) is 0. The molecule has 11 heavy (non-hydrogen) atoms. The molecule has 0 saturated carbocycles. The van der Waals surface area contributed by atoms with Crippen LogP contribution < -0.4 is 0 Å². The topological polar surface area (TPSA) is 0 Å². The van der Waals surface area contributed by atoms with Gasteiger partial charge in [-0.2, -0.15) is 0 Å². The second kappa shape index (κ2) is 5.36. The lowest BCUT2D eigenvalue weighted by Gasteiger charge is -1.96. The van der Waals surface area contributed by atoms with E-state index < -0.39 is 0 Å². The maximum absolute atomic E-state index is 3.83. The molecule has 0 rings (SSSR count). The van der Waals surface area contributed by atoms with E-state index in [2.05, 4.69) is 48.5 Å². The van der Waals surface area contributed by atoms with E-state index in [0.29, 0.717) is 0 Å². The lowest BCUT2D eigenvalue weighted by molar-refractivity contribution is 1.20. The van der Waals surface area contributed by atoms with Crippen LogP contribution >= 0.6 is 15.9 Å². The smallest absolute Gasteiger partial charge is 0.0201 e. The quantitative estimate of drug-likeness (QED) is 0.619. The summed E-state index contributed by atoms with van der Waals surface area (Å²) in [6.07, 6.45) is 5.36. The van der Waals surface area contributed by atoms with Crippen LogP contribution in [0, 0.1) is 0 Å². The molecule has 62 valence electrons. The van der Waals surface area contributed by atoms with Gasteiger partial charge in [-0.1, -0.05) is 41.1 Å². The molecule has 0 atom stereocenters. The Morgan fingerprint density at radius 2 is 2.00 bits per heavy atom. The van der Waals surface area contributed by atoms with E-state index in [1.165, 1.54) is 5.57 Å². The Balaban J connectivity index is 4.30. The Hall–Kier alpha value is -0.300. The molecule has 0 aromatic carbocycles. The van der Waals surface area contributed by atoms with E-state index >= 15 is 0 Å². The maximum Gasteiger partial charge on any atom is 0.0201 e. The highest BCUT2D eigenvalue weighted by atomic mass is 79.9. The Bertz CT molecular complexity index is 197. The molecule has 0 unspecified atom stereocenters. The minimum Gasteiger partial charge on any atom is -0.0950 e. The summed E-state index contributed by atoms with van der Waals surface area (Å²) in [5.74, 6) is 0. The van der Waals surface area contributed by atoms with Gasteiger partial charge in [0.05, 0.1) is 0 Å². The van der Waals surface area contributed by atoms with E-state index in [4.69, 9.17) is 0 Å². The van der Waals surface area contributed by atoms with Gasteiger partial charge in [-0.15, -0.1) is 0 Å². The predicted octanol–water partition coefficient (Wildman–Crippen LogP) is 4.20. The van der Waals surface area contributed by atoms with Gasteiger partial charge in [-0.25, -0.2) is 0 Å². The fraction of sp³-hybridized carbons (Fsp3) is 0.400. The molecule has 0 fully saturated rings. The SMILES string of the molecule is C=C(C)/C(Br)=C\C(C)=C/CC. The van der Waals surface area contributed by atoms with Gasteiger partial charge in [0.25, 0.3) is 0 Å². The molecular weight excluding hydrogens is 200 g/mol. The minimum absolute atomic E-state index is 1.06. The van der Waals surface area contributed by atoms with Crippen LogP contribution in [0.5, 0.6) is 0 Å². The van der Waals surface area contributed by atoms with Crippen molar-refractivity contribution in [1.29, 1.82) is 0 Å². The third kappa shape index (κ3) is 5.02. The molecule has 0 aliphatic carbocycles. The summed E-state index contributed by atoms with van der Waals surface area (Å²) < 4.78 is 1.08. The lowest BCUT2D eigenvalue weighted by Crippen LogP contribution is -1.74. The molecule has 0 aliphatic rings. The third-order valence-corrected chi connectivity index (χ3v) is 2.19. The van der Waals surface area contributed by atoms with Crippen molar-refractivity contribution in [3.63, 3.8) is 0 Å². The van der Waals surface area contributed by atoms with Crippen LogP contribution in [0.3, 0.4) is 0 Å². The van der Waals surface area contributed by atoms with Crippen LogP contribution in [0.4, 0.5) is 0 Å². The molecule has 0 nitrogen and oxygen atoms in total. The summed E-state index contributed by atoms with van der Waals surface area (Å²) in [7, 11) is 0. The molecule has 0 amide bonds. The lowest BCUT2D eigenvalue weighted by atomic mass is 10.2. The highest BCUT2D eigenvalue weighted by molar-refractivity contribution is 9.12. The zero-order valence-electron chi connectivity index (χ0n) is 7.45. The van der Waals surface area contributed by atoms with Gasteiger partial charge in [0.2, 0.25) is 0 Å². The first-order chi connectivity index (χ1) is 5.07. The molecule has 0 N–H and O–H groups in total. The van der Waals surface area contributed by atoms with E-state index in [1.54, 1.807) is 0 Å². The average Bonchev–Trinajstić information content (AvgIpc) is 1.87. The zero-order chi connectivity index (χ0) is 8.85. The van der Waals surface area contributed by atoms with Crippen molar-refractivity contribution in [2.45, 2.75) is 27.2 Å². The van der Waals surface area contributed by atoms with Gasteiger partial charge >= 0.3 is 0 Å². The van der Waals surface area contributed by atoms with Crippen molar-refractivity contribution in [2.75, 3.05) is 0 Å². The molecule has 0 bridgehead atoms. The van der Waals surface area contributed by atoms with Crippen molar-refractivity contribution < 1.29 is 0 Å². The van der Waals surface area contributed by atoms with E-state index in [-0.39, 0.29) is 0 Å². The molecule has 0 spiro atoms. The molecule has 0 heterocycles. The number of allylic oxidation sites excluding steroid dienone is 5. The van der Waals surface area contributed by atoms with Crippen LogP contribution in [0.2, 0.25) is 0 Å². The number of halogens is 1. The van der Waals surface area contributed by atoms with Crippen LogP contribution in [0.1, 0.15) is 27.2 Å². The Labute approximate surface area is 77.8 Å². The highest BCUT2D eigenvalue weighted by Crippen LogP contribution is 2.16. The van der Waals surface area contributed by atoms with Crippen molar-refractivity contribution in [3.8, 4) is 0 Å². The Morgan fingerprint density at radius 1 is 1.45 bits per heavy atom. The van der Waals surface area contributed by atoms with Crippen molar-refractivity contribution in [3.05, 3.63) is 34.4 Å². The predicted molar refractivity (Wildman–Crippen MR) is 55.9 cm³/mol. The molecule has 0 aromatic rings. The second-order valence-corrected chi connectivity index (χ2v) is 3.48. The standard InChI is InChI=1S/C10H15Br/c1-5-6-9(4)7-10(11)8(2)3/h6-7H,2,5H2,1,3-4H3/b9-6-,10-7+. The summed E-state index contributed by atoms with van der Waals surface area (Å²) in [4.78, 5) is 0. The third-order valence-electron chi connectivity index (χ3n) is 1.29. The summed E-state index contributed by atoms with van der Waals surface area (Å²) in [5, 5.41) is 0. The first-order valence-corrected chi connectivity index (χ1v) is 4.57. The number of hydrogen-bond acceptors (Lipinski definition) is 0. The first-order valence-electron chi connectivity index (χ1n) is 3.77. The fourth-order valence-corrected chi connectivity index (χ4v) is 1.07. The summed E-state index contributed by atoms with van der Waals surface area (Å²) in [6, 6.07) is 0. The van der Waals surface area contributed by atoms with E-state index in [1.807, 2.05) is 6.92 Å². The summed E-state index contributed by atoms with van der Waals surface area (Å²) in [5.41, 5.74) is 2.34. The number of rotatable bonds is 3. The first kappa shape index (κ1) is 10.7. The van der Waals surface area contributed by atoms with Gasteiger partial charge < -0.3 is 0 Å². The van der Waals surface area contributed by atoms with Crippen LogP contribution in [-0.4, -0.2) is 0 Å². The van der Waals surface area contributed by atoms with Gasteiger partial charge in [0.1, 0.15) is 0 Å². The molecular formula is C10H15Br.